The van der Waals surface area contributed by atoms with Crippen LogP contribution in [0.4, 0.5) is 10.1 Å². The van der Waals surface area contributed by atoms with Gasteiger partial charge >= 0.3 is 5.76 Å². The van der Waals surface area contributed by atoms with Gasteiger partial charge in [-0.15, -0.1) is 0 Å². The molecule has 0 saturated carbocycles. The van der Waals surface area contributed by atoms with E-state index in [1.54, 1.807) is 24.3 Å². The van der Waals surface area contributed by atoms with Crippen molar-refractivity contribution in [3.63, 3.8) is 0 Å². The highest BCUT2D eigenvalue weighted by Crippen LogP contribution is 2.18. The maximum absolute atomic E-state index is 13.2. The Bertz CT molecular complexity index is 805. The number of halogens is 2. The number of nitrogens with one attached hydrogen (secondary N) is 2. The van der Waals surface area contributed by atoms with Gasteiger partial charge in [-0.3, -0.25) is 4.98 Å². The lowest BCUT2D eigenvalue weighted by Gasteiger charge is -2.07. The van der Waals surface area contributed by atoms with Crippen LogP contribution in [0.25, 0.3) is 11.1 Å². The highest BCUT2D eigenvalue weighted by atomic mass is 35.5. The van der Waals surface area contributed by atoms with Crippen molar-refractivity contribution in [2.24, 2.45) is 0 Å². The predicted octanol–water partition coefficient (Wildman–Crippen LogP) is 3.53. The minimum absolute atomic E-state index is 0.358. The first-order valence-electron chi connectivity index (χ1n) is 5.92. The molecule has 1 heterocycles. The van der Waals surface area contributed by atoms with E-state index in [-0.39, 0.29) is 5.82 Å². The molecule has 20 heavy (non-hydrogen) atoms. The highest BCUT2D eigenvalue weighted by Gasteiger charge is 2.03. The lowest BCUT2D eigenvalue weighted by molar-refractivity contribution is 0.555. The van der Waals surface area contributed by atoms with Crippen molar-refractivity contribution < 1.29 is 8.81 Å². The third-order valence-electron chi connectivity index (χ3n) is 2.84. The second-order valence-electron chi connectivity index (χ2n) is 4.36. The Labute approximate surface area is 118 Å². The van der Waals surface area contributed by atoms with Crippen LogP contribution in [0, 0.1) is 5.82 Å². The van der Waals surface area contributed by atoms with Crippen LogP contribution in [-0.2, 0) is 6.54 Å². The fraction of sp³-hybridized carbons (Fsp3) is 0.0714. The number of H-pyrrole nitrogens is 1. The molecule has 2 aromatic carbocycles. The van der Waals surface area contributed by atoms with Crippen molar-refractivity contribution in [3.8, 4) is 0 Å². The summed E-state index contributed by atoms with van der Waals surface area (Å²) in [5.41, 5.74) is 2.62. The van der Waals surface area contributed by atoms with Gasteiger partial charge in [0.15, 0.2) is 5.58 Å². The zero-order valence-corrected chi connectivity index (χ0v) is 11.0. The molecule has 0 aliphatic heterocycles. The number of aromatic amines is 1. The van der Waals surface area contributed by atoms with Crippen LogP contribution in [0.5, 0.6) is 0 Å². The fourth-order valence-electron chi connectivity index (χ4n) is 1.98. The van der Waals surface area contributed by atoms with Crippen molar-refractivity contribution in [1.29, 1.82) is 0 Å². The summed E-state index contributed by atoms with van der Waals surface area (Å²) < 4.78 is 18.1. The molecule has 0 unspecified atom stereocenters. The molecule has 102 valence electrons. The minimum atomic E-state index is -0.492. The van der Waals surface area contributed by atoms with Crippen LogP contribution in [0.1, 0.15) is 5.56 Å². The van der Waals surface area contributed by atoms with Gasteiger partial charge in [0, 0.05) is 17.3 Å². The third kappa shape index (κ3) is 2.67. The molecule has 0 radical (unpaired) electrons. The van der Waals surface area contributed by atoms with Crippen molar-refractivity contribution in [2.45, 2.75) is 6.54 Å². The second kappa shape index (κ2) is 5.02. The van der Waals surface area contributed by atoms with Crippen LogP contribution in [0.2, 0.25) is 5.02 Å². The number of rotatable bonds is 3. The fourth-order valence-corrected chi connectivity index (χ4v) is 2.22. The molecule has 0 fully saturated rings. The Morgan fingerprint density at radius 3 is 2.90 bits per heavy atom. The van der Waals surface area contributed by atoms with E-state index in [1.165, 1.54) is 12.1 Å². The average Bonchev–Trinajstić information content (AvgIpc) is 2.74. The molecule has 0 spiro atoms. The number of aromatic nitrogens is 1. The molecule has 6 heteroatoms. The van der Waals surface area contributed by atoms with Crippen molar-refractivity contribution in [3.05, 3.63) is 63.4 Å². The Morgan fingerprint density at radius 2 is 2.10 bits per heavy atom. The van der Waals surface area contributed by atoms with Crippen molar-refractivity contribution in [2.75, 3.05) is 5.32 Å². The lowest BCUT2D eigenvalue weighted by Crippen LogP contribution is -2.00. The summed E-state index contributed by atoms with van der Waals surface area (Å²) in [6.07, 6.45) is 0. The first-order valence-corrected chi connectivity index (χ1v) is 6.30. The topological polar surface area (TPSA) is 58.0 Å². The summed E-state index contributed by atoms with van der Waals surface area (Å²) in [6, 6.07) is 9.58. The summed E-state index contributed by atoms with van der Waals surface area (Å²) >= 11 is 5.79. The van der Waals surface area contributed by atoms with Gasteiger partial charge in [0.05, 0.1) is 5.52 Å². The largest absolute Gasteiger partial charge is 0.417 e. The van der Waals surface area contributed by atoms with E-state index in [0.29, 0.717) is 22.7 Å². The zero-order valence-electron chi connectivity index (χ0n) is 10.2. The number of benzene rings is 2. The molecule has 3 rings (SSSR count). The van der Waals surface area contributed by atoms with Crippen LogP contribution in [0.3, 0.4) is 0 Å². The summed E-state index contributed by atoms with van der Waals surface area (Å²) in [5.74, 6) is -0.863. The standard InChI is InChI=1S/C14H10ClFN2O2/c15-9-3-8(4-10(16)5-9)7-17-11-1-2-13-12(6-11)18-14(19)20-13/h1-6,17H,7H2,(H,18,19). The molecule has 0 atom stereocenters. The Morgan fingerprint density at radius 1 is 1.25 bits per heavy atom. The molecule has 0 aliphatic carbocycles. The maximum atomic E-state index is 13.2. The lowest BCUT2D eigenvalue weighted by atomic mass is 10.2. The Kier molecular flexibility index (Phi) is 3.20. The highest BCUT2D eigenvalue weighted by molar-refractivity contribution is 6.30. The molecular weight excluding hydrogens is 283 g/mol. The van der Waals surface area contributed by atoms with Crippen LogP contribution in [0.15, 0.2) is 45.6 Å². The van der Waals surface area contributed by atoms with Gasteiger partial charge in [-0.05, 0) is 42.0 Å². The number of anilines is 1. The van der Waals surface area contributed by atoms with Crippen LogP contribution >= 0.6 is 11.6 Å². The SMILES string of the molecule is O=c1[nH]c2cc(NCc3cc(F)cc(Cl)c3)ccc2o1. The monoisotopic (exact) mass is 292 g/mol. The Hall–Kier alpha value is -2.27. The van der Waals surface area contributed by atoms with E-state index >= 15 is 0 Å². The molecule has 0 amide bonds. The second-order valence-corrected chi connectivity index (χ2v) is 4.79. The van der Waals surface area contributed by atoms with E-state index < -0.39 is 5.76 Å². The van der Waals surface area contributed by atoms with Gasteiger partial charge in [0.2, 0.25) is 0 Å². The molecule has 0 saturated heterocycles. The van der Waals surface area contributed by atoms with Gasteiger partial charge in [-0.25, -0.2) is 9.18 Å². The summed E-state index contributed by atoms with van der Waals surface area (Å²) in [4.78, 5) is 13.6. The van der Waals surface area contributed by atoms with E-state index in [4.69, 9.17) is 16.0 Å². The first kappa shape index (κ1) is 12.7. The summed E-state index contributed by atoms with van der Waals surface area (Å²) in [6.45, 7) is 0.422. The molecule has 0 bridgehead atoms. The van der Waals surface area contributed by atoms with E-state index in [9.17, 15) is 9.18 Å². The number of fused-ring (bicyclic) bond motifs is 1. The molecule has 1 aromatic heterocycles. The average molecular weight is 293 g/mol. The van der Waals surface area contributed by atoms with E-state index in [0.717, 1.165) is 11.3 Å². The molecular formula is C14H10ClFN2O2. The predicted molar refractivity (Wildman–Crippen MR) is 75.6 cm³/mol. The van der Waals surface area contributed by atoms with Gasteiger partial charge in [0.25, 0.3) is 0 Å². The van der Waals surface area contributed by atoms with Gasteiger partial charge in [0.1, 0.15) is 5.82 Å². The smallest absolute Gasteiger partial charge is 0.408 e. The van der Waals surface area contributed by atoms with E-state index in [2.05, 4.69) is 10.3 Å². The number of oxazole rings is 1. The molecule has 3 aromatic rings. The molecule has 2 N–H and O–H groups in total. The minimum Gasteiger partial charge on any atom is -0.408 e. The molecule has 4 nitrogen and oxygen atoms in total. The van der Waals surface area contributed by atoms with E-state index in [1.807, 2.05) is 0 Å². The Balaban J connectivity index is 1.80. The van der Waals surface area contributed by atoms with Crippen molar-refractivity contribution >= 4 is 28.4 Å². The maximum Gasteiger partial charge on any atom is 0.417 e. The first-order chi connectivity index (χ1) is 9.60. The van der Waals surface area contributed by atoms with Gasteiger partial charge < -0.3 is 9.73 Å². The van der Waals surface area contributed by atoms with Crippen LogP contribution < -0.4 is 11.1 Å². The summed E-state index contributed by atoms with van der Waals surface area (Å²) in [7, 11) is 0. The van der Waals surface area contributed by atoms with Gasteiger partial charge in [-0.2, -0.15) is 0 Å². The third-order valence-corrected chi connectivity index (χ3v) is 3.06. The quantitative estimate of drug-likeness (QED) is 0.776. The number of hydrogen-bond donors (Lipinski definition) is 2. The molecule has 0 aliphatic rings. The number of hydrogen-bond acceptors (Lipinski definition) is 3. The van der Waals surface area contributed by atoms with Gasteiger partial charge in [-0.1, -0.05) is 11.6 Å². The summed E-state index contributed by atoms with van der Waals surface area (Å²) in [5, 5.41) is 3.49. The normalized spacial score (nSPS) is 10.9. The van der Waals surface area contributed by atoms with Crippen molar-refractivity contribution in [1.82, 2.24) is 4.98 Å². The van der Waals surface area contributed by atoms with Crippen LogP contribution in [-0.4, -0.2) is 4.98 Å². The zero-order chi connectivity index (χ0) is 14.1.